The van der Waals surface area contributed by atoms with Gasteiger partial charge in [0.05, 0.1) is 17.5 Å². The fourth-order valence-corrected chi connectivity index (χ4v) is 3.38. The van der Waals surface area contributed by atoms with Crippen molar-refractivity contribution in [1.29, 1.82) is 0 Å². The van der Waals surface area contributed by atoms with Crippen LogP contribution in [0.25, 0.3) is 11.4 Å². The van der Waals surface area contributed by atoms with E-state index in [9.17, 15) is 5.11 Å². The van der Waals surface area contributed by atoms with Crippen LogP contribution in [-0.2, 0) is 0 Å². The Morgan fingerprint density at radius 3 is 1.85 bits per heavy atom. The molecule has 136 valence electrons. The van der Waals surface area contributed by atoms with Crippen LogP contribution >= 0.6 is 0 Å². The predicted octanol–water partition coefficient (Wildman–Crippen LogP) is 4.77. The smallest absolute Gasteiger partial charge is 0.123 e. The number of rotatable bonds is 4. The van der Waals surface area contributed by atoms with Gasteiger partial charge in [-0.2, -0.15) is 0 Å². The summed E-state index contributed by atoms with van der Waals surface area (Å²) < 4.78 is 0. The third-order valence-electron chi connectivity index (χ3n) is 4.98. The maximum absolute atomic E-state index is 9.74. The van der Waals surface area contributed by atoms with Crippen LogP contribution in [0.3, 0.4) is 0 Å². The molecule has 0 saturated heterocycles. The molecule has 4 rings (SSSR count). The molecule has 1 aliphatic heterocycles. The van der Waals surface area contributed by atoms with Crippen LogP contribution < -0.4 is 10.6 Å². The minimum atomic E-state index is -0.454. The number of hydrogen-bond acceptors (Lipinski definition) is 3. The summed E-state index contributed by atoms with van der Waals surface area (Å²) >= 11 is 0. The Balaban J connectivity index is 1.69. The van der Waals surface area contributed by atoms with Gasteiger partial charge in [0.25, 0.3) is 0 Å². The number of aryl methyl sites for hydroxylation is 1. The van der Waals surface area contributed by atoms with E-state index in [0.717, 1.165) is 33.6 Å². The Labute approximate surface area is 160 Å². The van der Waals surface area contributed by atoms with Crippen LogP contribution in [0.5, 0.6) is 0 Å². The molecule has 27 heavy (non-hydrogen) atoms. The third kappa shape index (κ3) is 3.60. The Bertz CT molecular complexity index is 942. The summed E-state index contributed by atoms with van der Waals surface area (Å²) in [6.07, 6.45) is -0.468. The van der Waals surface area contributed by atoms with E-state index < -0.39 is 6.10 Å². The summed E-state index contributed by atoms with van der Waals surface area (Å²) in [5, 5.41) is 17.0. The number of aliphatic hydroxyl groups is 1. The van der Waals surface area contributed by atoms with Crippen molar-refractivity contribution in [2.75, 3.05) is 0 Å². The van der Waals surface area contributed by atoms with Crippen molar-refractivity contribution in [3.63, 3.8) is 0 Å². The molecule has 0 saturated carbocycles. The van der Waals surface area contributed by atoms with Crippen LogP contribution in [0.2, 0.25) is 0 Å². The maximum atomic E-state index is 9.74. The molecule has 3 heteroatoms. The monoisotopic (exact) mass is 356 g/mol. The fraction of sp³-hybridized carbons (Fsp3) is 0.167. The normalized spacial score (nSPS) is 17.4. The van der Waals surface area contributed by atoms with Gasteiger partial charge in [0.2, 0.25) is 0 Å². The molecule has 1 aliphatic rings. The molecule has 0 spiro atoms. The molecule has 0 bridgehead atoms. The molecular weight excluding hydrogens is 332 g/mol. The standard InChI is InChI=1S/C24H24N2O/c1-16-8-10-20(11-9-16)23-22(19-6-4-3-5-7-19)25-24(26-23)21-14-12-18(13-15-21)17(2)27/h3-15,17,24-27H,1-2H3. The summed E-state index contributed by atoms with van der Waals surface area (Å²) in [5.41, 5.74) is 7.83. The highest BCUT2D eigenvalue weighted by atomic mass is 16.3. The van der Waals surface area contributed by atoms with E-state index in [1.165, 1.54) is 5.56 Å². The van der Waals surface area contributed by atoms with E-state index in [-0.39, 0.29) is 6.17 Å². The van der Waals surface area contributed by atoms with Gasteiger partial charge < -0.3 is 15.7 Å². The molecule has 3 aromatic carbocycles. The third-order valence-corrected chi connectivity index (χ3v) is 4.98. The predicted molar refractivity (Wildman–Crippen MR) is 111 cm³/mol. The van der Waals surface area contributed by atoms with Gasteiger partial charge in [0.15, 0.2) is 0 Å². The van der Waals surface area contributed by atoms with Crippen LogP contribution in [-0.4, -0.2) is 5.11 Å². The molecule has 0 amide bonds. The molecule has 2 atom stereocenters. The molecule has 0 fully saturated rings. The van der Waals surface area contributed by atoms with Gasteiger partial charge in [-0.25, -0.2) is 0 Å². The summed E-state index contributed by atoms with van der Waals surface area (Å²) in [6.45, 7) is 3.88. The zero-order valence-corrected chi connectivity index (χ0v) is 15.6. The molecule has 2 unspecified atom stereocenters. The number of nitrogens with one attached hydrogen (secondary N) is 2. The van der Waals surface area contributed by atoms with Gasteiger partial charge in [-0.05, 0) is 36.1 Å². The van der Waals surface area contributed by atoms with Gasteiger partial charge in [-0.1, -0.05) is 84.4 Å². The summed E-state index contributed by atoms with van der Waals surface area (Å²) in [4.78, 5) is 0. The van der Waals surface area contributed by atoms with E-state index >= 15 is 0 Å². The Morgan fingerprint density at radius 1 is 0.741 bits per heavy atom. The van der Waals surface area contributed by atoms with Crippen LogP contribution in [0, 0.1) is 6.92 Å². The first-order chi connectivity index (χ1) is 13.1. The van der Waals surface area contributed by atoms with Crippen LogP contribution in [0.1, 0.15) is 47.0 Å². The first kappa shape index (κ1) is 17.4. The van der Waals surface area contributed by atoms with E-state index in [4.69, 9.17) is 0 Å². The minimum absolute atomic E-state index is 0.0143. The Kier molecular flexibility index (Phi) is 4.69. The lowest BCUT2D eigenvalue weighted by Crippen LogP contribution is -2.23. The largest absolute Gasteiger partial charge is 0.389 e. The Morgan fingerprint density at radius 2 is 1.30 bits per heavy atom. The van der Waals surface area contributed by atoms with E-state index in [1.54, 1.807) is 6.92 Å². The lowest BCUT2D eigenvalue weighted by atomic mass is 10.0. The maximum Gasteiger partial charge on any atom is 0.123 e. The molecule has 3 N–H and O–H groups in total. The quantitative estimate of drug-likeness (QED) is 0.631. The van der Waals surface area contributed by atoms with Gasteiger partial charge in [0.1, 0.15) is 6.17 Å². The summed E-state index contributed by atoms with van der Waals surface area (Å²) in [7, 11) is 0. The topological polar surface area (TPSA) is 44.3 Å². The average molecular weight is 356 g/mol. The summed E-state index contributed by atoms with van der Waals surface area (Å²) in [6, 6.07) is 27.1. The van der Waals surface area contributed by atoms with Crippen molar-refractivity contribution >= 4 is 11.4 Å². The molecule has 3 aromatic rings. The lowest BCUT2D eigenvalue weighted by molar-refractivity contribution is 0.199. The zero-order valence-electron chi connectivity index (χ0n) is 15.6. The van der Waals surface area contributed by atoms with Crippen molar-refractivity contribution in [1.82, 2.24) is 10.6 Å². The molecule has 1 heterocycles. The van der Waals surface area contributed by atoms with Gasteiger partial charge in [0, 0.05) is 0 Å². The molecule has 3 nitrogen and oxygen atoms in total. The van der Waals surface area contributed by atoms with Crippen molar-refractivity contribution < 1.29 is 5.11 Å². The number of hydrogen-bond donors (Lipinski definition) is 3. The van der Waals surface area contributed by atoms with Crippen molar-refractivity contribution in [3.05, 3.63) is 107 Å². The van der Waals surface area contributed by atoms with Crippen molar-refractivity contribution in [2.24, 2.45) is 0 Å². The second-order valence-electron chi connectivity index (χ2n) is 7.05. The molecule has 0 radical (unpaired) electrons. The van der Waals surface area contributed by atoms with Crippen LogP contribution in [0.15, 0.2) is 78.9 Å². The fourth-order valence-electron chi connectivity index (χ4n) is 3.38. The molecular formula is C24H24N2O. The van der Waals surface area contributed by atoms with E-state index in [1.807, 2.05) is 18.2 Å². The first-order valence-electron chi connectivity index (χ1n) is 9.29. The Hall–Kier alpha value is -3.04. The van der Waals surface area contributed by atoms with Gasteiger partial charge in [-0.3, -0.25) is 0 Å². The molecule has 0 aromatic heterocycles. The van der Waals surface area contributed by atoms with E-state index in [2.05, 4.69) is 78.2 Å². The van der Waals surface area contributed by atoms with E-state index in [0.29, 0.717) is 0 Å². The highest BCUT2D eigenvalue weighted by molar-refractivity contribution is 5.91. The lowest BCUT2D eigenvalue weighted by Gasteiger charge is -2.16. The molecule has 0 aliphatic carbocycles. The highest BCUT2D eigenvalue weighted by Crippen LogP contribution is 2.32. The first-order valence-corrected chi connectivity index (χ1v) is 9.29. The van der Waals surface area contributed by atoms with Gasteiger partial charge >= 0.3 is 0 Å². The zero-order chi connectivity index (χ0) is 18.8. The number of benzene rings is 3. The van der Waals surface area contributed by atoms with Crippen LogP contribution in [0.4, 0.5) is 0 Å². The van der Waals surface area contributed by atoms with Crippen molar-refractivity contribution in [3.8, 4) is 0 Å². The minimum Gasteiger partial charge on any atom is -0.389 e. The SMILES string of the molecule is Cc1ccc(C2=C(c3ccccc3)NC(c3ccc(C(C)O)cc3)N2)cc1. The van der Waals surface area contributed by atoms with Crippen molar-refractivity contribution in [2.45, 2.75) is 26.1 Å². The second kappa shape index (κ2) is 7.29. The second-order valence-corrected chi connectivity index (χ2v) is 7.05. The summed E-state index contributed by atoms with van der Waals surface area (Å²) in [5.74, 6) is 0. The van der Waals surface area contributed by atoms with Gasteiger partial charge in [-0.15, -0.1) is 0 Å². The average Bonchev–Trinajstić information content (AvgIpc) is 3.15. The highest BCUT2D eigenvalue weighted by Gasteiger charge is 2.25. The number of aliphatic hydroxyl groups excluding tert-OH is 1.